The molecule has 0 unspecified atom stereocenters. The van der Waals surface area contributed by atoms with E-state index in [1.807, 2.05) is 18.2 Å². The van der Waals surface area contributed by atoms with Crippen LogP contribution >= 0.6 is 7.26 Å². The van der Waals surface area contributed by atoms with Gasteiger partial charge < -0.3 is 10.1 Å². The van der Waals surface area contributed by atoms with Crippen LogP contribution < -0.4 is 26.5 Å². The number of carbonyl (C=O) groups is 3. The van der Waals surface area contributed by atoms with Gasteiger partial charge in [-0.2, -0.15) is 0 Å². The third-order valence-corrected chi connectivity index (χ3v) is 10.9. The minimum atomic E-state index is -1.96. The lowest BCUT2D eigenvalue weighted by Crippen LogP contribution is -2.43. The minimum Gasteiger partial charge on any atom is -0.444 e. The lowest BCUT2D eigenvalue weighted by Gasteiger charge is -2.27. The van der Waals surface area contributed by atoms with Crippen LogP contribution in [0.3, 0.4) is 0 Å². The van der Waals surface area contributed by atoms with Crippen molar-refractivity contribution in [3.05, 3.63) is 91.0 Å². The zero-order valence-electron chi connectivity index (χ0n) is 23.9. The van der Waals surface area contributed by atoms with Crippen molar-refractivity contribution in [3.63, 3.8) is 0 Å². The highest BCUT2D eigenvalue weighted by atomic mass is 31.2. The Kier molecular flexibility index (Phi) is 11.4. The maximum Gasteiger partial charge on any atom is 0.414 e. The van der Waals surface area contributed by atoms with Gasteiger partial charge in [0, 0.05) is 19.5 Å². The van der Waals surface area contributed by atoms with E-state index >= 15 is 0 Å². The van der Waals surface area contributed by atoms with Gasteiger partial charge in [-0.3, -0.25) is 19.8 Å². The van der Waals surface area contributed by atoms with E-state index in [1.54, 1.807) is 32.7 Å². The number of alkyl carbamates (subject to hydrolysis) is 1. The summed E-state index contributed by atoms with van der Waals surface area (Å²) in [4.78, 5) is 38.4. The third kappa shape index (κ3) is 9.29. The molecule has 3 aromatic carbocycles. The van der Waals surface area contributed by atoms with Gasteiger partial charge >= 0.3 is 6.09 Å². The number of amides is 3. The summed E-state index contributed by atoms with van der Waals surface area (Å²) in [5.41, 5.74) is -0.675. The van der Waals surface area contributed by atoms with Gasteiger partial charge in [0.2, 0.25) is 11.8 Å². The number of hydrogen-bond acceptors (Lipinski definition) is 5. The van der Waals surface area contributed by atoms with Crippen LogP contribution in [0.2, 0.25) is 0 Å². The predicted molar refractivity (Wildman–Crippen MR) is 164 cm³/mol. The molecule has 2 N–H and O–H groups in total. The summed E-state index contributed by atoms with van der Waals surface area (Å²) in [7, 11) is -0.199. The maximum atomic E-state index is 12.8. The number of likely N-dealkylation sites (N-methyl/N-ethyl adjacent to an activating group) is 1. The molecule has 0 saturated heterocycles. The molecule has 0 fully saturated rings. The average molecular weight is 563 g/mol. The van der Waals surface area contributed by atoms with Crippen LogP contribution in [0.4, 0.5) is 4.79 Å². The molecule has 3 rings (SSSR count). The zero-order valence-corrected chi connectivity index (χ0v) is 24.8. The molecule has 7 nitrogen and oxygen atoms in total. The SMILES string of the molecule is CN(CCNC(=O)CCC[P+](c1ccccc1)(c1ccccc1)c1ccccc1)CC(=O)NC(=O)OC(C)(C)C. The molecule has 0 aromatic heterocycles. The lowest BCUT2D eigenvalue weighted by molar-refractivity contribution is -0.121. The topological polar surface area (TPSA) is 87.7 Å². The number of ether oxygens (including phenoxy) is 1. The summed E-state index contributed by atoms with van der Waals surface area (Å²) < 4.78 is 5.10. The summed E-state index contributed by atoms with van der Waals surface area (Å²) in [6.45, 7) is 6.11. The van der Waals surface area contributed by atoms with E-state index in [0.717, 1.165) is 12.6 Å². The number of hydrogen-bond donors (Lipinski definition) is 2. The van der Waals surface area contributed by atoms with Crippen molar-refractivity contribution < 1.29 is 19.1 Å². The molecular weight excluding hydrogens is 521 g/mol. The number of benzene rings is 3. The van der Waals surface area contributed by atoms with E-state index in [0.29, 0.717) is 19.5 Å². The predicted octanol–water partition coefficient (Wildman–Crippen LogP) is 3.86. The standard InChI is InChI=1S/C32H40N3O4P/c1-32(2,3)39-31(38)34-30(37)25-35(4)23-22-33-29(36)21-14-24-40(26-15-8-5-9-16-26,27-17-10-6-11-18-27)28-19-12-7-13-20-28/h5-13,15-20H,14,21-25H2,1-4H3,(H-,33,34,36,37,38)/p+1. The van der Waals surface area contributed by atoms with Gasteiger partial charge in [-0.15, -0.1) is 0 Å². The lowest BCUT2D eigenvalue weighted by atomic mass is 10.2. The molecule has 3 aromatic rings. The smallest absolute Gasteiger partial charge is 0.414 e. The Labute approximate surface area is 238 Å². The van der Waals surface area contributed by atoms with Gasteiger partial charge in [-0.25, -0.2) is 4.79 Å². The van der Waals surface area contributed by atoms with Crippen molar-refractivity contribution in [2.24, 2.45) is 0 Å². The van der Waals surface area contributed by atoms with Crippen LogP contribution in [-0.4, -0.2) is 61.3 Å². The Morgan fingerprint density at radius 3 is 1.70 bits per heavy atom. The molecule has 40 heavy (non-hydrogen) atoms. The molecule has 8 heteroatoms. The van der Waals surface area contributed by atoms with Crippen LogP contribution in [0.15, 0.2) is 91.0 Å². The fourth-order valence-corrected chi connectivity index (χ4v) is 8.96. The molecular formula is C32H41N3O4P+. The van der Waals surface area contributed by atoms with E-state index in [4.69, 9.17) is 4.74 Å². The molecule has 0 spiro atoms. The maximum absolute atomic E-state index is 12.8. The van der Waals surface area contributed by atoms with Gasteiger partial charge in [0.15, 0.2) is 0 Å². The third-order valence-electron chi connectivity index (χ3n) is 6.36. The van der Waals surface area contributed by atoms with Crippen molar-refractivity contribution in [1.82, 2.24) is 15.5 Å². The van der Waals surface area contributed by atoms with Gasteiger partial charge in [0.25, 0.3) is 0 Å². The number of nitrogens with one attached hydrogen (secondary N) is 2. The Bertz CT molecular complexity index is 1130. The Morgan fingerprint density at radius 2 is 1.25 bits per heavy atom. The molecule has 0 bridgehead atoms. The molecule has 0 aliphatic heterocycles. The summed E-state index contributed by atoms with van der Waals surface area (Å²) >= 11 is 0. The van der Waals surface area contributed by atoms with E-state index in [1.165, 1.54) is 15.9 Å². The van der Waals surface area contributed by atoms with Crippen molar-refractivity contribution in [1.29, 1.82) is 0 Å². The van der Waals surface area contributed by atoms with Crippen molar-refractivity contribution >= 4 is 41.1 Å². The van der Waals surface area contributed by atoms with Crippen LogP contribution in [-0.2, 0) is 14.3 Å². The van der Waals surface area contributed by atoms with Crippen LogP contribution in [0, 0.1) is 0 Å². The Hall–Kier alpha value is -3.54. The molecule has 0 aliphatic rings. The summed E-state index contributed by atoms with van der Waals surface area (Å²) in [5, 5.41) is 9.11. The molecule has 0 atom stereocenters. The molecule has 0 saturated carbocycles. The second-order valence-corrected chi connectivity index (χ2v) is 14.4. The second-order valence-electron chi connectivity index (χ2n) is 10.8. The fourth-order valence-electron chi connectivity index (χ4n) is 4.61. The largest absolute Gasteiger partial charge is 0.444 e. The quantitative estimate of drug-likeness (QED) is 0.328. The van der Waals surface area contributed by atoms with Gasteiger partial charge in [0.05, 0.1) is 12.7 Å². The van der Waals surface area contributed by atoms with E-state index < -0.39 is 24.9 Å². The van der Waals surface area contributed by atoms with Gasteiger partial charge in [0.1, 0.15) is 28.8 Å². The van der Waals surface area contributed by atoms with Crippen LogP contribution in [0.1, 0.15) is 33.6 Å². The van der Waals surface area contributed by atoms with Crippen molar-refractivity contribution in [2.45, 2.75) is 39.2 Å². The zero-order chi connectivity index (χ0) is 29.0. The Morgan fingerprint density at radius 1 is 0.775 bits per heavy atom. The van der Waals surface area contributed by atoms with E-state index in [9.17, 15) is 14.4 Å². The van der Waals surface area contributed by atoms with Crippen LogP contribution in [0.25, 0.3) is 0 Å². The number of carbonyl (C=O) groups excluding carboxylic acids is 3. The molecule has 212 valence electrons. The highest BCUT2D eigenvalue weighted by molar-refractivity contribution is 7.95. The minimum absolute atomic E-state index is 0.0149. The highest BCUT2D eigenvalue weighted by Crippen LogP contribution is 2.55. The van der Waals surface area contributed by atoms with E-state index in [-0.39, 0.29) is 12.5 Å². The average Bonchev–Trinajstić information content (AvgIpc) is 2.91. The normalized spacial score (nSPS) is 11.6. The highest BCUT2D eigenvalue weighted by Gasteiger charge is 2.44. The molecule has 0 aliphatic carbocycles. The number of nitrogens with zero attached hydrogens (tertiary/aromatic N) is 1. The fraction of sp³-hybridized carbons (Fsp3) is 0.344. The molecule has 0 heterocycles. The summed E-state index contributed by atoms with van der Waals surface area (Å²) in [6, 6.07) is 31.9. The first kappa shape index (κ1) is 31.0. The van der Waals surface area contributed by atoms with Gasteiger partial charge in [-0.05, 0) is 70.6 Å². The molecule has 0 radical (unpaired) electrons. The van der Waals surface area contributed by atoms with Crippen molar-refractivity contribution in [3.8, 4) is 0 Å². The molecule has 3 amide bonds. The van der Waals surface area contributed by atoms with Crippen molar-refractivity contribution in [2.75, 3.05) is 32.8 Å². The van der Waals surface area contributed by atoms with Crippen LogP contribution in [0.5, 0.6) is 0 Å². The Balaban J connectivity index is 1.57. The first-order chi connectivity index (χ1) is 19.1. The number of rotatable bonds is 12. The van der Waals surface area contributed by atoms with Gasteiger partial charge in [-0.1, -0.05) is 54.6 Å². The summed E-state index contributed by atoms with van der Waals surface area (Å²) in [5.74, 6) is -0.468. The second kappa shape index (κ2) is 14.7. The monoisotopic (exact) mass is 562 g/mol. The van der Waals surface area contributed by atoms with E-state index in [2.05, 4.69) is 83.4 Å². The first-order valence-corrected chi connectivity index (χ1v) is 15.6. The number of imide groups is 1. The first-order valence-electron chi connectivity index (χ1n) is 13.6. The summed E-state index contributed by atoms with van der Waals surface area (Å²) in [6.07, 6.45) is 1.27.